The summed E-state index contributed by atoms with van der Waals surface area (Å²) < 4.78 is 41.3. The summed E-state index contributed by atoms with van der Waals surface area (Å²) in [7, 11) is 1.05. The molecule has 1 fully saturated rings. The van der Waals surface area contributed by atoms with E-state index in [2.05, 4.69) is 5.32 Å². The van der Waals surface area contributed by atoms with Gasteiger partial charge in [-0.2, -0.15) is 13.2 Å². The summed E-state index contributed by atoms with van der Waals surface area (Å²) in [4.78, 5) is 23.6. The van der Waals surface area contributed by atoms with Crippen molar-refractivity contribution in [3.8, 4) is 0 Å². The molecular formula is C11H17F3N2O3. The summed E-state index contributed by atoms with van der Waals surface area (Å²) in [5, 5.41) is 2.34. The van der Waals surface area contributed by atoms with E-state index in [9.17, 15) is 22.8 Å². The zero-order valence-corrected chi connectivity index (χ0v) is 10.6. The van der Waals surface area contributed by atoms with Gasteiger partial charge in [-0.3, -0.25) is 9.59 Å². The van der Waals surface area contributed by atoms with Crippen LogP contribution in [0.4, 0.5) is 13.2 Å². The van der Waals surface area contributed by atoms with Crippen molar-refractivity contribution < 1.29 is 27.5 Å². The molecule has 0 aromatic carbocycles. The Labute approximate surface area is 109 Å². The molecule has 1 heterocycles. The standard InChI is InChI=1S/C11H17F3N2O3/c1-16(7-11(12,13)14)9(17)5-15-10(18)8-3-2-4-19-6-8/h8H,2-7H2,1H3,(H,15,18)/t8-/m1/s1. The summed E-state index contributed by atoms with van der Waals surface area (Å²) in [5.41, 5.74) is 0. The van der Waals surface area contributed by atoms with E-state index in [1.54, 1.807) is 0 Å². The van der Waals surface area contributed by atoms with Crippen LogP contribution in [0.2, 0.25) is 0 Å². The van der Waals surface area contributed by atoms with Gasteiger partial charge in [0.05, 0.1) is 19.1 Å². The fourth-order valence-corrected chi connectivity index (χ4v) is 1.75. The Kier molecular flexibility index (Phi) is 5.59. The number of carbonyl (C=O) groups is 2. The number of nitrogens with zero attached hydrogens (tertiary/aromatic N) is 1. The molecule has 0 unspecified atom stereocenters. The van der Waals surface area contributed by atoms with Gasteiger partial charge in [-0.1, -0.05) is 0 Å². The van der Waals surface area contributed by atoms with E-state index in [-0.39, 0.29) is 11.8 Å². The summed E-state index contributed by atoms with van der Waals surface area (Å²) >= 11 is 0. The molecule has 19 heavy (non-hydrogen) atoms. The lowest BCUT2D eigenvalue weighted by atomic mass is 10.0. The number of alkyl halides is 3. The molecule has 0 aromatic rings. The van der Waals surface area contributed by atoms with E-state index in [1.165, 1.54) is 0 Å². The van der Waals surface area contributed by atoms with Crippen LogP contribution in [0.15, 0.2) is 0 Å². The summed E-state index contributed by atoms with van der Waals surface area (Å²) in [6.07, 6.45) is -3.01. The Bertz CT molecular complexity index is 328. The second-order valence-corrected chi connectivity index (χ2v) is 4.50. The first-order valence-corrected chi connectivity index (χ1v) is 5.96. The Morgan fingerprint density at radius 2 is 2.11 bits per heavy atom. The minimum Gasteiger partial charge on any atom is -0.381 e. The Morgan fingerprint density at radius 3 is 2.63 bits per heavy atom. The van der Waals surface area contributed by atoms with Gasteiger partial charge in [0.2, 0.25) is 11.8 Å². The molecule has 1 saturated heterocycles. The third kappa shape index (κ3) is 5.91. The molecule has 1 aliphatic heterocycles. The van der Waals surface area contributed by atoms with Gasteiger partial charge in [0, 0.05) is 13.7 Å². The summed E-state index contributed by atoms with van der Waals surface area (Å²) in [5.74, 6) is -1.45. The van der Waals surface area contributed by atoms with Gasteiger partial charge in [-0.15, -0.1) is 0 Å². The predicted octanol–water partition coefficient (Wildman–Crippen LogP) is 0.550. The third-order valence-electron chi connectivity index (χ3n) is 2.79. The van der Waals surface area contributed by atoms with Gasteiger partial charge in [-0.05, 0) is 12.8 Å². The number of amides is 2. The van der Waals surface area contributed by atoms with Crippen molar-refractivity contribution in [1.82, 2.24) is 10.2 Å². The van der Waals surface area contributed by atoms with E-state index < -0.39 is 25.2 Å². The molecule has 1 aliphatic rings. The summed E-state index contributed by atoms with van der Waals surface area (Å²) in [6, 6.07) is 0. The SMILES string of the molecule is CN(CC(F)(F)F)C(=O)CNC(=O)[C@@H]1CCCOC1. The van der Waals surface area contributed by atoms with Crippen molar-refractivity contribution in [2.24, 2.45) is 5.92 Å². The van der Waals surface area contributed by atoms with Crippen molar-refractivity contribution in [2.75, 3.05) is 33.4 Å². The highest BCUT2D eigenvalue weighted by atomic mass is 19.4. The lowest BCUT2D eigenvalue weighted by molar-refractivity contribution is -0.158. The van der Waals surface area contributed by atoms with Crippen LogP contribution in [0.3, 0.4) is 0 Å². The van der Waals surface area contributed by atoms with Gasteiger partial charge >= 0.3 is 6.18 Å². The van der Waals surface area contributed by atoms with Gasteiger partial charge in [-0.25, -0.2) is 0 Å². The number of rotatable bonds is 4. The minimum atomic E-state index is -4.44. The number of ether oxygens (including phenoxy) is 1. The molecular weight excluding hydrogens is 265 g/mol. The molecule has 0 saturated carbocycles. The molecule has 8 heteroatoms. The van der Waals surface area contributed by atoms with E-state index in [0.29, 0.717) is 24.5 Å². The van der Waals surface area contributed by atoms with Gasteiger partial charge in [0.15, 0.2) is 0 Å². The molecule has 0 aromatic heterocycles. The van der Waals surface area contributed by atoms with Crippen LogP contribution in [0.1, 0.15) is 12.8 Å². The number of halogens is 3. The molecule has 1 N–H and O–H groups in total. The fourth-order valence-electron chi connectivity index (χ4n) is 1.75. The second-order valence-electron chi connectivity index (χ2n) is 4.50. The first-order chi connectivity index (χ1) is 8.79. The van der Waals surface area contributed by atoms with E-state index in [4.69, 9.17) is 4.74 Å². The highest BCUT2D eigenvalue weighted by molar-refractivity contribution is 5.85. The monoisotopic (exact) mass is 282 g/mol. The first kappa shape index (κ1) is 15.7. The van der Waals surface area contributed by atoms with Crippen molar-refractivity contribution in [2.45, 2.75) is 19.0 Å². The van der Waals surface area contributed by atoms with E-state index in [1.807, 2.05) is 0 Å². The Morgan fingerprint density at radius 1 is 1.42 bits per heavy atom. The van der Waals surface area contributed by atoms with Gasteiger partial charge in [0.25, 0.3) is 0 Å². The van der Waals surface area contributed by atoms with Crippen LogP contribution >= 0.6 is 0 Å². The van der Waals surface area contributed by atoms with Gasteiger partial charge in [0.1, 0.15) is 6.54 Å². The minimum absolute atomic E-state index is 0.290. The van der Waals surface area contributed by atoms with Crippen LogP contribution in [0.25, 0.3) is 0 Å². The zero-order valence-electron chi connectivity index (χ0n) is 10.6. The quantitative estimate of drug-likeness (QED) is 0.819. The smallest absolute Gasteiger partial charge is 0.381 e. The van der Waals surface area contributed by atoms with Crippen molar-refractivity contribution >= 4 is 11.8 Å². The number of hydrogen-bond acceptors (Lipinski definition) is 3. The molecule has 5 nitrogen and oxygen atoms in total. The van der Waals surface area contributed by atoms with Crippen LogP contribution in [0.5, 0.6) is 0 Å². The topological polar surface area (TPSA) is 58.6 Å². The normalized spacial score (nSPS) is 19.9. The maximum Gasteiger partial charge on any atom is 0.406 e. The largest absolute Gasteiger partial charge is 0.406 e. The average Bonchev–Trinajstić information content (AvgIpc) is 2.34. The maximum absolute atomic E-state index is 12.1. The van der Waals surface area contributed by atoms with Crippen molar-refractivity contribution in [3.05, 3.63) is 0 Å². The highest BCUT2D eigenvalue weighted by Crippen LogP contribution is 2.15. The lowest BCUT2D eigenvalue weighted by Gasteiger charge is -2.22. The summed E-state index contributed by atoms with van der Waals surface area (Å²) in [6.45, 7) is -0.856. The first-order valence-electron chi connectivity index (χ1n) is 5.96. The molecule has 0 aliphatic carbocycles. The zero-order chi connectivity index (χ0) is 14.5. The lowest BCUT2D eigenvalue weighted by Crippen LogP contribution is -2.44. The van der Waals surface area contributed by atoms with Crippen LogP contribution in [-0.4, -0.2) is 56.2 Å². The Hall–Kier alpha value is -1.31. The molecule has 110 valence electrons. The molecule has 0 bridgehead atoms. The highest BCUT2D eigenvalue weighted by Gasteiger charge is 2.31. The van der Waals surface area contributed by atoms with Gasteiger partial charge < -0.3 is 15.0 Å². The molecule has 2 amide bonds. The number of hydrogen-bond donors (Lipinski definition) is 1. The second kappa shape index (κ2) is 6.74. The number of carbonyl (C=O) groups excluding carboxylic acids is 2. The third-order valence-corrected chi connectivity index (χ3v) is 2.79. The van der Waals surface area contributed by atoms with E-state index in [0.717, 1.165) is 13.5 Å². The van der Waals surface area contributed by atoms with Crippen molar-refractivity contribution in [3.63, 3.8) is 0 Å². The fraction of sp³-hybridized carbons (Fsp3) is 0.818. The van der Waals surface area contributed by atoms with Crippen LogP contribution < -0.4 is 5.32 Å². The predicted molar refractivity (Wildman–Crippen MR) is 60.2 cm³/mol. The molecule has 0 spiro atoms. The Balaban J connectivity index is 2.30. The van der Waals surface area contributed by atoms with Crippen LogP contribution in [-0.2, 0) is 14.3 Å². The maximum atomic E-state index is 12.1. The molecule has 1 rings (SSSR count). The molecule has 0 radical (unpaired) electrons. The number of likely N-dealkylation sites (N-methyl/N-ethyl adjacent to an activating group) is 1. The van der Waals surface area contributed by atoms with E-state index >= 15 is 0 Å². The molecule has 1 atom stereocenters. The average molecular weight is 282 g/mol. The van der Waals surface area contributed by atoms with Crippen molar-refractivity contribution in [1.29, 1.82) is 0 Å². The van der Waals surface area contributed by atoms with Crippen LogP contribution in [0, 0.1) is 5.92 Å². The number of nitrogens with one attached hydrogen (secondary N) is 1.